The van der Waals surface area contributed by atoms with Crippen molar-refractivity contribution in [3.05, 3.63) is 66.9 Å². The fourth-order valence-electron chi connectivity index (χ4n) is 5.12. The maximum Gasteiger partial charge on any atom is 0.163 e. The van der Waals surface area contributed by atoms with Crippen molar-refractivity contribution in [2.24, 2.45) is 0 Å². The van der Waals surface area contributed by atoms with Gasteiger partial charge < -0.3 is 5.32 Å². The molecule has 0 spiro atoms. The number of fused-ring (bicyclic) bond motifs is 2. The van der Waals surface area contributed by atoms with Gasteiger partial charge in [0.25, 0.3) is 0 Å². The van der Waals surface area contributed by atoms with Crippen LogP contribution < -0.4 is 5.32 Å². The molecule has 0 saturated carbocycles. The summed E-state index contributed by atoms with van der Waals surface area (Å²) >= 11 is 0. The molecule has 7 heteroatoms. The van der Waals surface area contributed by atoms with Crippen LogP contribution in [0.25, 0.3) is 38.9 Å². The van der Waals surface area contributed by atoms with Crippen LogP contribution in [0.4, 0.5) is 0 Å². The largest absolute Gasteiger partial charge is 0.311 e. The fourth-order valence-corrected chi connectivity index (χ4v) is 5.12. The van der Waals surface area contributed by atoms with Crippen LogP contribution in [0.2, 0.25) is 0 Å². The summed E-state index contributed by atoms with van der Waals surface area (Å²) in [6, 6.07) is 13.3. The Labute approximate surface area is 185 Å². The number of benzene rings is 1. The highest BCUT2D eigenvalue weighted by atomic mass is 15.3. The number of H-pyrrole nitrogens is 1. The summed E-state index contributed by atoms with van der Waals surface area (Å²) in [5, 5.41) is 17.3. The van der Waals surface area contributed by atoms with E-state index in [-0.39, 0.29) is 0 Å². The highest BCUT2D eigenvalue weighted by Crippen LogP contribution is 2.39. The first-order valence-corrected chi connectivity index (χ1v) is 11.2. The van der Waals surface area contributed by atoms with E-state index in [0.717, 1.165) is 51.8 Å². The predicted molar refractivity (Wildman–Crippen MR) is 125 cm³/mol. The molecule has 0 aliphatic carbocycles. The van der Waals surface area contributed by atoms with Gasteiger partial charge in [0.1, 0.15) is 5.69 Å². The van der Waals surface area contributed by atoms with Crippen molar-refractivity contribution >= 4 is 16.6 Å². The highest BCUT2D eigenvalue weighted by Gasteiger charge is 2.33. The van der Waals surface area contributed by atoms with Gasteiger partial charge in [-0.1, -0.05) is 19.1 Å². The summed E-state index contributed by atoms with van der Waals surface area (Å²) in [5.41, 5.74) is 7.10. The Morgan fingerprint density at radius 2 is 1.97 bits per heavy atom. The smallest absolute Gasteiger partial charge is 0.163 e. The molecule has 7 nitrogen and oxygen atoms in total. The Hall–Kier alpha value is -3.58. The van der Waals surface area contributed by atoms with Crippen molar-refractivity contribution in [3.8, 4) is 22.4 Å². The van der Waals surface area contributed by atoms with Crippen molar-refractivity contribution in [1.82, 2.24) is 35.1 Å². The molecule has 4 aromatic heterocycles. The lowest BCUT2D eigenvalue weighted by Crippen LogP contribution is -2.28. The van der Waals surface area contributed by atoms with Crippen LogP contribution >= 0.6 is 0 Å². The van der Waals surface area contributed by atoms with Crippen LogP contribution in [0.3, 0.4) is 0 Å². The van der Waals surface area contributed by atoms with Crippen LogP contribution in [-0.4, -0.2) is 41.9 Å². The third kappa shape index (κ3) is 2.92. The zero-order valence-corrected chi connectivity index (χ0v) is 18.2. The number of nitrogens with one attached hydrogen (secondary N) is 2. The van der Waals surface area contributed by atoms with Crippen LogP contribution in [0, 0.1) is 0 Å². The third-order valence-corrected chi connectivity index (χ3v) is 6.77. The molecule has 5 heterocycles. The van der Waals surface area contributed by atoms with E-state index < -0.39 is 0 Å². The zero-order chi connectivity index (χ0) is 21.7. The van der Waals surface area contributed by atoms with Gasteiger partial charge in [-0.15, -0.1) is 0 Å². The summed E-state index contributed by atoms with van der Waals surface area (Å²) in [6.45, 7) is 4.51. The van der Waals surface area contributed by atoms with Gasteiger partial charge in [-0.3, -0.25) is 10.1 Å². The van der Waals surface area contributed by atoms with Crippen LogP contribution in [-0.2, 0) is 0 Å². The summed E-state index contributed by atoms with van der Waals surface area (Å²) in [6.07, 6.45) is 9.66. The number of nitrogens with zero attached hydrogens (tertiary/aromatic N) is 5. The quantitative estimate of drug-likeness (QED) is 0.442. The number of hydrogen-bond acceptors (Lipinski definition) is 5. The maximum absolute atomic E-state index is 5.15. The second-order valence-electron chi connectivity index (χ2n) is 8.60. The minimum atomic E-state index is 0.383. The molecule has 1 aliphatic heterocycles. The van der Waals surface area contributed by atoms with E-state index in [2.05, 4.69) is 51.0 Å². The topological polar surface area (TPSA) is 83.8 Å². The predicted octanol–water partition coefficient (Wildman–Crippen LogP) is 4.58. The minimum Gasteiger partial charge on any atom is -0.311 e. The van der Waals surface area contributed by atoms with Crippen LogP contribution in [0.1, 0.15) is 38.3 Å². The number of aromatic nitrogens is 6. The van der Waals surface area contributed by atoms with E-state index >= 15 is 0 Å². The number of hydrogen-bond donors (Lipinski definition) is 2. The SMILES string of the molecule is CCC1CC(c2ccnc3c(-c4cccc5[nH]ncc45)c(-c4ccncc4)nn23)C(C)N1. The van der Waals surface area contributed by atoms with Crippen molar-refractivity contribution < 1.29 is 0 Å². The molecule has 2 N–H and O–H groups in total. The Balaban J connectivity index is 1.64. The van der Waals surface area contributed by atoms with Gasteiger partial charge in [0.05, 0.1) is 23.0 Å². The molecule has 0 amide bonds. The lowest BCUT2D eigenvalue weighted by atomic mass is 9.95. The summed E-state index contributed by atoms with van der Waals surface area (Å²) in [4.78, 5) is 9.03. The Morgan fingerprint density at radius 1 is 1.09 bits per heavy atom. The first kappa shape index (κ1) is 19.1. The molecular weight excluding hydrogens is 398 g/mol. The van der Waals surface area contributed by atoms with Crippen molar-refractivity contribution in [3.63, 3.8) is 0 Å². The molecule has 1 saturated heterocycles. The maximum atomic E-state index is 5.15. The molecule has 1 aliphatic rings. The van der Waals surface area contributed by atoms with Gasteiger partial charge in [-0.25, -0.2) is 9.50 Å². The highest BCUT2D eigenvalue weighted by molar-refractivity contribution is 6.02. The summed E-state index contributed by atoms with van der Waals surface area (Å²) in [7, 11) is 0. The van der Waals surface area contributed by atoms with Crippen LogP contribution in [0.15, 0.2) is 61.2 Å². The molecule has 3 atom stereocenters. The van der Waals surface area contributed by atoms with Gasteiger partial charge in [0.2, 0.25) is 0 Å². The lowest BCUT2D eigenvalue weighted by Gasteiger charge is -2.16. The molecule has 1 aromatic carbocycles. The van der Waals surface area contributed by atoms with Crippen molar-refractivity contribution in [2.45, 2.75) is 44.7 Å². The van der Waals surface area contributed by atoms with E-state index in [1.807, 2.05) is 49.1 Å². The van der Waals surface area contributed by atoms with Gasteiger partial charge in [0.15, 0.2) is 5.65 Å². The Bertz CT molecular complexity index is 1400. The average Bonchev–Trinajstić information content (AvgIpc) is 3.55. The zero-order valence-electron chi connectivity index (χ0n) is 18.2. The Kier molecular flexibility index (Phi) is 4.50. The van der Waals surface area contributed by atoms with Gasteiger partial charge in [-0.2, -0.15) is 10.2 Å². The summed E-state index contributed by atoms with van der Waals surface area (Å²) < 4.78 is 2.06. The van der Waals surface area contributed by atoms with E-state index in [0.29, 0.717) is 18.0 Å². The molecular formula is C25H25N7. The van der Waals surface area contributed by atoms with Gasteiger partial charge >= 0.3 is 0 Å². The monoisotopic (exact) mass is 423 g/mol. The van der Waals surface area contributed by atoms with Gasteiger partial charge in [-0.05, 0) is 49.6 Å². The normalized spacial score (nSPS) is 21.0. The first-order valence-electron chi connectivity index (χ1n) is 11.2. The molecule has 5 aromatic rings. The van der Waals surface area contributed by atoms with E-state index in [4.69, 9.17) is 10.1 Å². The fraction of sp³-hybridized carbons (Fsp3) is 0.280. The van der Waals surface area contributed by atoms with E-state index in [9.17, 15) is 0 Å². The first-order chi connectivity index (χ1) is 15.7. The van der Waals surface area contributed by atoms with E-state index in [1.54, 1.807) is 0 Å². The average molecular weight is 424 g/mol. The molecule has 6 rings (SSSR count). The van der Waals surface area contributed by atoms with Gasteiger partial charge in [0, 0.05) is 47.5 Å². The molecule has 160 valence electrons. The Morgan fingerprint density at radius 3 is 2.78 bits per heavy atom. The minimum absolute atomic E-state index is 0.383. The second-order valence-corrected chi connectivity index (χ2v) is 8.60. The third-order valence-electron chi connectivity index (χ3n) is 6.77. The van der Waals surface area contributed by atoms with Crippen LogP contribution in [0.5, 0.6) is 0 Å². The number of pyridine rings is 1. The van der Waals surface area contributed by atoms with Crippen molar-refractivity contribution in [1.29, 1.82) is 0 Å². The van der Waals surface area contributed by atoms with E-state index in [1.165, 1.54) is 5.69 Å². The molecule has 32 heavy (non-hydrogen) atoms. The lowest BCUT2D eigenvalue weighted by molar-refractivity contribution is 0.539. The molecule has 0 bridgehead atoms. The number of aromatic amines is 1. The molecule has 0 radical (unpaired) electrons. The summed E-state index contributed by atoms with van der Waals surface area (Å²) in [5.74, 6) is 0.383. The standard InChI is InChI=1S/C25H25N7/c1-3-17-13-19(15(2)29-17)22-9-12-27-25-23(18-5-4-6-21-20(18)14-28-30-21)24(31-32(22)25)16-7-10-26-11-8-16/h4-12,14-15,17,19,29H,3,13H2,1-2H3,(H,28,30). The number of rotatable bonds is 4. The van der Waals surface area contributed by atoms with Crippen molar-refractivity contribution in [2.75, 3.05) is 0 Å². The molecule has 3 unspecified atom stereocenters. The second kappa shape index (κ2) is 7.53. The molecule has 1 fully saturated rings.